The van der Waals surface area contributed by atoms with E-state index < -0.39 is 0 Å². The minimum absolute atomic E-state index is 0.781. The number of guanidine groups is 1. The lowest BCUT2D eigenvalue weighted by Crippen LogP contribution is -2.52. The highest BCUT2D eigenvalue weighted by atomic mass is 16.5. The van der Waals surface area contributed by atoms with Gasteiger partial charge >= 0.3 is 0 Å². The van der Waals surface area contributed by atoms with Crippen molar-refractivity contribution in [1.29, 1.82) is 0 Å². The molecule has 7 nitrogen and oxygen atoms in total. The fourth-order valence-corrected chi connectivity index (χ4v) is 3.71. The zero-order valence-corrected chi connectivity index (χ0v) is 16.4. The van der Waals surface area contributed by atoms with E-state index >= 15 is 0 Å². The number of nitrogens with zero attached hydrogens (tertiary/aromatic N) is 4. The molecule has 0 bridgehead atoms. The molecule has 0 amide bonds. The molecule has 0 radical (unpaired) electrons. The van der Waals surface area contributed by atoms with Crippen molar-refractivity contribution in [2.75, 3.05) is 39.3 Å². The van der Waals surface area contributed by atoms with Gasteiger partial charge in [-0.15, -0.1) is 0 Å². The number of benzene rings is 1. The molecule has 0 saturated carbocycles. The van der Waals surface area contributed by atoms with Gasteiger partial charge in [-0.05, 0) is 25.0 Å². The maximum atomic E-state index is 4.93. The maximum Gasteiger partial charge on any atom is 0.194 e. The lowest BCUT2D eigenvalue weighted by molar-refractivity contribution is 0.169. The third kappa shape index (κ3) is 4.36. The molecule has 148 valence electrons. The molecule has 1 aliphatic rings. The number of aromatic nitrogens is 2. The Morgan fingerprint density at radius 3 is 2.86 bits per heavy atom. The predicted molar refractivity (Wildman–Crippen MR) is 111 cm³/mol. The lowest BCUT2D eigenvalue weighted by Gasteiger charge is -2.36. The average Bonchev–Trinajstić information content (AvgIpc) is 3.38. The van der Waals surface area contributed by atoms with Crippen LogP contribution in [0.15, 0.2) is 52.3 Å². The molecule has 1 fully saturated rings. The van der Waals surface area contributed by atoms with Crippen LogP contribution in [0.2, 0.25) is 0 Å². The molecule has 0 unspecified atom stereocenters. The summed E-state index contributed by atoms with van der Waals surface area (Å²) in [6.45, 7) is 8.57. The summed E-state index contributed by atoms with van der Waals surface area (Å²) >= 11 is 0. The SMILES string of the molecule is CCNC(=NCCc1c[nH]c2ccccc12)N1CCN(Cc2ccon2)CC1. The zero-order valence-electron chi connectivity index (χ0n) is 16.4. The van der Waals surface area contributed by atoms with Crippen LogP contribution in [0.5, 0.6) is 0 Å². The third-order valence-corrected chi connectivity index (χ3v) is 5.20. The standard InChI is InChI=1S/C21H28N6O/c1-2-22-21(23-9-7-17-15-24-20-6-4-3-5-19(17)20)27-12-10-26(11-13-27)16-18-8-14-28-25-18/h3-6,8,14-15,24H,2,7,9-13,16H2,1H3,(H,22,23). The quantitative estimate of drug-likeness (QED) is 0.508. The largest absolute Gasteiger partial charge is 0.364 e. The molecule has 28 heavy (non-hydrogen) atoms. The smallest absolute Gasteiger partial charge is 0.194 e. The second kappa shape index (κ2) is 8.93. The molecule has 2 aromatic heterocycles. The summed E-state index contributed by atoms with van der Waals surface area (Å²) in [5.74, 6) is 1.02. The van der Waals surface area contributed by atoms with Crippen LogP contribution in [0.4, 0.5) is 0 Å². The van der Waals surface area contributed by atoms with Gasteiger partial charge in [0.2, 0.25) is 0 Å². The van der Waals surface area contributed by atoms with E-state index in [0.717, 1.165) is 63.9 Å². The van der Waals surface area contributed by atoms with Crippen LogP contribution < -0.4 is 5.32 Å². The van der Waals surface area contributed by atoms with Gasteiger partial charge in [-0.2, -0.15) is 0 Å². The van der Waals surface area contributed by atoms with Crippen LogP contribution in [-0.2, 0) is 13.0 Å². The fraction of sp³-hybridized carbons (Fsp3) is 0.429. The average molecular weight is 380 g/mol. The van der Waals surface area contributed by atoms with E-state index in [4.69, 9.17) is 9.52 Å². The van der Waals surface area contributed by atoms with Crippen molar-refractivity contribution in [3.63, 3.8) is 0 Å². The van der Waals surface area contributed by atoms with Crippen LogP contribution >= 0.6 is 0 Å². The van der Waals surface area contributed by atoms with E-state index in [1.165, 1.54) is 16.5 Å². The van der Waals surface area contributed by atoms with Crippen molar-refractivity contribution in [2.24, 2.45) is 4.99 Å². The first kappa shape index (κ1) is 18.6. The van der Waals surface area contributed by atoms with Gasteiger partial charge in [0.25, 0.3) is 0 Å². The minimum Gasteiger partial charge on any atom is -0.364 e. The zero-order chi connectivity index (χ0) is 19.2. The molecule has 2 N–H and O–H groups in total. The first-order valence-corrected chi connectivity index (χ1v) is 10.0. The number of hydrogen-bond donors (Lipinski definition) is 2. The van der Waals surface area contributed by atoms with Crippen molar-refractivity contribution in [3.05, 3.63) is 54.0 Å². The Labute approximate surface area is 165 Å². The molecule has 4 rings (SSSR count). The fourth-order valence-electron chi connectivity index (χ4n) is 3.71. The van der Waals surface area contributed by atoms with Crippen molar-refractivity contribution >= 4 is 16.9 Å². The van der Waals surface area contributed by atoms with Crippen LogP contribution in [0, 0.1) is 0 Å². The number of piperazine rings is 1. The van der Waals surface area contributed by atoms with Gasteiger partial charge < -0.3 is 19.7 Å². The summed E-state index contributed by atoms with van der Waals surface area (Å²) in [6.07, 6.45) is 4.68. The van der Waals surface area contributed by atoms with E-state index in [1.807, 2.05) is 6.07 Å². The molecule has 0 atom stereocenters. The Morgan fingerprint density at radius 2 is 2.07 bits per heavy atom. The van der Waals surface area contributed by atoms with Gasteiger partial charge in [-0.1, -0.05) is 23.4 Å². The molecule has 1 aliphatic heterocycles. The number of H-pyrrole nitrogens is 1. The Hall–Kier alpha value is -2.80. The molecule has 1 saturated heterocycles. The first-order chi connectivity index (χ1) is 13.8. The van der Waals surface area contributed by atoms with Crippen molar-refractivity contribution in [2.45, 2.75) is 19.9 Å². The van der Waals surface area contributed by atoms with Gasteiger partial charge in [0, 0.05) is 69.0 Å². The number of hydrogen-bond acceptors (Lipinski definition) is 4. The second-order valence-electron chi connectivity index (χ2n) is 7.10. The van der Waals surface area contributed by atoms with Gasteiger partial charge in [-0.3, -0.25) is 9.89 Å². The molecule has 3 heterocycles. The van der Waals surface area contributed by atoms with Crippen LogP contribution in [0.3, 0.4) is 0 Å². The van der Waals surface area contributed by atoms with E-state index in [1.54, 1.807) is 6.26 Å². The van der Waals surface area contributed by atoms with Crippen molar-refractivity contribution in [3.8, 4) is 0 Å². The summed E-state index contributed by atoms with van der Waals surface area (Å²) in [7, 11) is 0. The normalized spacial score (nSPS) is 16.0. The number of rotatable bonds is 6. The van der Waals surface area contributed by atoms with Gasteiger partial charge in [0.05, 0.1) is 5.69 Å². The van der Waals surface area contributed by atoms with Crippen molar-refractivity contribution < 1.29 is 4.52 Å². The Bertz CT molecular complexity index is 893. The number of nitrogens with one attached hydrogen (secondary N) is 2. The van der Waals surface area contributed by atoms with Gasteiger partial charge in [0.1, 0.15) is 6.26 Å². The number of para-hydroxylation sites is 1. The monoisotopic (exact) mass is 380 g/mol. The number of fused-ring (bicyclic) bond motifs is 1. The van der Waals surface area contributed by atoms with E-state index in [0.29, 0.717) is 0 Å². The summed E-state index contributed by atoms with van der Waals surface area (Å²) in [5, 5.41) is 8.76. The topological polar surface area (TPSA) is 72.7 Å². The third-order valence-electron chi connectivity index (χ3n) is 5.20. The second-order valence-corrected chi connectivity index (χ2v) is 7.10. The predicted octanol–water partition coefficient (Wildman–Crippen LogP) is 2.48. The Balaban J connectivity index is 1.33. The molecule has 7 heteroatoms. The minimum atomic E-state index is 0.781. The van der Waals surface area contributed by atoms with Gasteiger partial charge in [-0.25, -0.2) is 0 Å². The highest BCUT2D eigenvalue weighted by molar-refractivity contribution is 5.83. The summed E-state index contributed by atoms with van der Waals surface area (Å²) in [5.41, 5.74) is 3.51. The Morgan fingerprint density at radius 1 is 1.21 bits per heavy atom. The first-order valence-electron chi connectivity index (χ1n) is 10.0. The highest BCUT2D eigenvalue weighted by Crippen LogP contribution is 2.18. The van der Waals surface area contributed by atoms with Crippen molar-refractivity contribution in [1.82, 2.24) is 25.3 Å². The molecule has 0 spiro atoms. The molecule has 3 aromatic rings. The Kier molecular flexibility index (Phi) is 5.92. The van der Waals surface area contributed by atoms with E-state index in [9.17, 15) is 0 Å². The van der Waals surface area contributed by atoms with Gasteiger partial charge in [0.15, 0.2) is 5.96 Å². The molecule has 0 aliphatic carbocycles. The number of aromatic amines is 1. The summed E-state index contributed by atoms with van der Waals surface area (Å²) in [6, 6.07) is 10.4. The number of aliphatic imine (C=N–C) groups is 1. The van der Waals surface area contributed by atoms with E-state index in [-0.39, 0.29) is 0 Å². The van der Waals surface area contributed by atoms with Crippen LogP contribution in [0.25, 0.3) is 10.9 Å². The van der Waals surface area contributed by atoms with Crippen LogP contribution in [-0.4, -0.2) is 65.2 Å². The molecule has 1 aromatic carbocycles. The lowest BCUT2D eigenvalue weighted by atomic mass is 10.1. The van der Waals surface area contributed by atoms with Crippen LogP contribution in [0.1, 0.15) is 18.2 Å². The maximum absolute atomic E-state index is 4.93. The molecular formula is C21H28N6O. The highest BCUT2D eigenvalue weighted by Gasteiger charge is 2.20. The molecular weight excluding hydrogens is 352 g/mol. The summed E-state index contributed by atoms with van der Waals surface area (Å²) in [4.78, 5) is 13.0. The summed E-state index contributed by atoms with van der Waals surface area (Å²) < 4.78 is 4.93. The van der Waals surface area contributed by atoms with E-state index in [2.05, 4.69) is 62.6 Å².